The predicted octanol–water partition coefficient (Wildman–Crippen LogP) is 15.6. The third-order valence-electron chi connectivity index (χ3n) is 17.5. The first-order chi connectivity index (χ1) is 39.9. The van der Waals surface area contributed by atoms with Crippen LogP contribution >= 0.6 is 0 Å². The van der Waals surface area contributed by atoms with Gasteiger partial charge in [0.05, 0.1) is 22.4 Å². The lowest BCUT2D eigenvalue weighted by Crippen LogP contribution is -2.63. The second-order valence-corrected chi connectivity index (χ2v) is 24.6. The van der Waals surface area contributed by atoms with E-state index in [1.807, 2.05) is 6.07 Å². The molecule has 82 heavy (non-hydrogen) atoms. The van der Waals surface area contributed by atoms with Gasteiger partial charge in [-0.2, -0.15) is 0 Å². The van der Waals surface area contributed by atoms with Crippen molar-refractivity contribution >= 4 is 114 Å². The lowest BCUT2D eigenvalue weighted by Gasteiger charge is -2.42. The molecule has 0 radical (unpaired) electrons. The zero-order valence-corrected chi connectivity index (χ0v) is 46.8. The van der Waals surface area contributed by atoms with Gasteiger partial charge in [-0.05, 0) is 127 Å². The van der Waals surface area contributed by atoms with Gasteiger partial charge in [-0.25, -0.2) is 0 Å². The van der Waals surface area contributed by atoms with Crippen LogP contribution in [0.3, 0.4) is 0 Å². The molecule has 1 aromatic heterocycles. The van der Waals surface area contributed by atoms with E-state index >= 15 is 0 Å². The molecule has 5 heterocycles. The highest BCUT2D eigenvalue weighted by Crippen LogP contribution is 2.49. The van der Waals surface area contributed by atoms with Crippen LogP contribution in [0, 0.1) is 0 Å². The predicted molar refractivity (Wildman–Crippen MR) is 345 cm³/mol. The number of fused-ring (bicyclic) bond motifs is 11. The van der Waals surface area contributed by atoms with Gasteiger partial charge in [-0.3, -0.25) is 0 Å². The van der Waals surface area contributed by atoms with Crippen molar-refractivity contribution in [2.24, 2.45) is 0 Å². The fourth-order valence-corrected chi connectivity index (χ4v) is 13.6. The summed E-state index contributed by atoms with van der Waals surface area (Å²) in [5.41, 5.74) is 23.6. The molecule has 0 fully saturated rings. The lowest BCUT2D eigenvalue weighted by molar-refractivity contribution is 0.466. The Balaban J connectivity index is 0.957. The van der Waals surface area contributed by atoms with Crippen molar-refractivity contribution in [3.8, 4) is 39.8 Å². The average molecular weight is 1060 g/mol. The summed E-state index contributed by atoms with van der Waals surface area (Å²) in [5.74, 6) is 3.22. The molecule has 12 aromatic rings. The second-order valence-electron chi connectivity index (χ2n) is 24.6. The van der Waals surface area contributed by atoms with Crippen LogP contribution in [0.25, 0.3) is 38.6 Å². The van der Waals surface area contributed by atoms with Crippen molar-refractivity contribution in [3.63, 3.8) is 0 Å². The molecule has 6 nitrogen and oxygen atoms in total. The molecule has 0 bridgehead atoms. The van der Waals surface area contributed by atoms with Crippen LogP contribution in [0.1, 0.15) is 52.7 Å². The molecule has 0 aliphatic carbocycles. The summed E-state index contributed by atoms with van der Waals surface area (Å²) in [6.07, 6.45) is 0. The molecule has 0 unspecified atom stereocenters. The SMILES string of the molecule is CC(C)(C)c1ccc2c3ccc(C(C)(C)C)cc3n(-c3cc4c5c(c3)N(c3ccccc3-c3ccccc3)c3ccccc3B5c3cc5c(cc3O4)Oc3cc(Nc4ccccc4)cc4c3B5c3ccccc3N4c3ccccc3)c2c1. The summed E-state index contributed by atoms with van der Waals surface area (Å²) in [7, 11) is 0. The molecule has 0 saturated heterocycles. The molecule has 4 aliphatic heterocycles. The van der Waals surface area contributed by atoms with Crippen molar-refractivity contribution in [3.05, 3.63) is 248 Å². The number of ether oxygens (including phenoxy) is 2. The maximum Gasteiger partial charge on any atom is 0.256 e. The maximum absolute atomic E-state index is 7.62. The van der Waals surface area contributed by atoms with Crippen LogP contribution in [0.2, 0.25) is 0 Å². The van der Waals surface area contributed by atoms with E-state index in [4.69, 9.17) is 9.47 Å². The Labute approximate surface area is 480 Å². The van der Waals surface area contributed by atoms with Gasteiger partial charge in [0.15, 0.2) is 0 Å². The number of benzene rings is 11. The van der Waals surface area contributed by atoms with Crippen LogP contribution < -0.4 is 57.4 Å². The fraction of sp³-hybridized carbons (Fsp3) is 0.108. The summed E-state index contributed by atoms with van der Waals surface area (Å²) in [6, 6.07) is 86.7. The van der Waals surface area contributed by atoms with E-state index in [1.165, 1.54) is 43.9 Å². The molecule has 0 atom stereocenters. The van der Waals surface area contributed by atoms with Crippen LogP contribution in [0.15, 0.2) is 237 Å². The zero-order chi connectivity index (χ0) is 55.2. The highest BCUT2D eigenvalue weighted by molar-refractivity contribution is 7.02. The van der Waals surface area contributed by atoms with Gasteiger partial charge < -0.3 is 29.2 Å². The Morgan fingerprint density at radius 2 is 0.854 bits per heavy atom. The standard InChI is InChI=1S/C74H58B2N4O2/c1-73(2,3)47-34-36-54-55-37-35-48(74(4,5)6)39-64(55)79(63(54)38-47)52-42-66-72-70(43-52)82-68-45-67-58(44-59(68)76(72)57-30-18-21-33-62(57)80(66)60-31-19-16-28-53(60)46-22-10-7-11-23-46)75-56-29-17-20-32-61(56)78(51-26-14-9-15-27-51)65-40-50(41-69(81-67)71(65)75)77-49-24-12-8-13-25-49/h7-45,77H,1-6H3. The molecular weight excluding hydrogens is 998 g/mol. The second kappa shape index (κ2) is 17.9. The Bertz CT molecular complexity index is 4530. The van der Waals surface area contributed by atoms with Gasteiger partial charge in [0.2, 0.25) is 0 Å². The molecule has 0 spiro atoms. The monoisotopic (exact) mass is 1060 g/mol. The van der Waals surface area contributed by atoms with Crippen molar-refractivity contribution < 1.29 is 9.47 Å². The third kappa shape index (κ3) is 7.43. The molecule has 392 valence electrons. The van der Waals surface area contributed by atoms with E-state index in [0.717, 1.165) is 107 Å². The summed E-state index contributed by atoms with van der Waals surface area (Å²) in [5, 5.41) is 6.18. The quantitative estimate of drug-likeness (QED) is 0.168. The fourth-order valence-electron chi connectivity index (χ4n) is 13.6. The van der Waals surface area contributed by atoms with E-state index in [1.54, 1.807) is 0 Å². The Morgan fingerprint density at radius 1 is 0.354 bits per heavy atom. The van der Waals surface area contributed by atoms with Crippen molar-refractivity contribution in [2.75, 3.05) is 15.1 Å². The van der Waals surface area contributed by atoms with E-state index in [2.05, 4.69) is 292 Å². The normalized spacial score (nSPS) is 13.6. The van der Waals surface area contributed by atoms with Gasteiger partial charge in [0.1, 0.15) is 23.0 Å². The molecule has 8 heteroatoms. The summed E-state index contributed by atoms with van der Waals surface area (Å²) in [6.45, 7) is 13.5. The molecule has 0 amide bonds. The van der Waals surface area contributed by atoms with Crippen molar-refractivity contribution in [1.29, 1.82) is 0 Å². The number of aromatic nitrogens is 1. The Morgan fingerprint density at radius 3 is 1.45 bits per heavy atom. The van der Waals surface area contributed by atoms with Crippen LogP contribution in [-0.4, -0.2) is 18.0 Å². The first-order valence-electron chi connectivity index (χ1n) is 28.7. The van der Waals surface area contributed by atoms with Gasteiger partial charge in [0, 0.05) is 74.3 Å². The number of para-hydroxylation sites is 5. The molecular formula is C74H58B2N4O2. The van der Waals surface area contributed by atoms with Gasteiger partial charge in [-0.1, -0.05) is 193 Å². The summed E-state index contributed by atoms with van der Waals surface area (Å²) in [4.78, 5) is 4.92. The number of anilines is 8. The number of nitrogens with one attached hydrogen (secondary N) is 1. The smallest absolute Gasteiger partial charge is 0.256 e. The number of hydrogen-bond acceptors (Lipinski definition) is 5. The lowest BCUT2D eigenvalue weighted by atomic mass is 9.31. The van der Waals surface area contributed by atoms with E-state index in [-0.39, 0.29) is 24.3 Å². The average Bonchev–Trinajstić information content (AvgIpc) is 3.59. The maximum atomic E-state index is 7.62. The zero-order valence-electron chi connectivity index (χ0n) is 46.8. The van der Waals surface area contributed by atoms with Crippen LogP contribution in [0.5, 0.6) is 23.0 Å². The van der Waals surface area contributed by atoms with Gasteiger partial charge >= 0.3 is 0 Å². The van der Waals surface area contributed by atoms with Crippen LogP contribution in [-0.2, 0) is 10.8 Å². The van der Waals surface area contributed by atoms with Crippen molar-refractivity contribution in [2.45, 2.75) is 52.4 Å². The summed E-state index contributed by atoms with van der Waals surface area (Å²) >= 11 is 0. The largest absolute Gasteiger partial charge is 0.458 e. The summed E-state index contributed by atoms with van der Waals surface area (Å²) < 4.78 is 17.5. The first kappa shape index (κ1) is 48.3. The number of rotatable bonds is 6. The first-order valence-corrected chi connectivity index (χ1v) is 28.7. The van der Waals surface area contributed by atoms with E-state index in [0.29, 0.717) is 0 Å². The Kier molecular flexibility index (Phi) is 10.6. The molecule has 1 N–H and O–H groups in total. The highest BCUT2D eigenvalue weighted by Gasteiger charge is 2.47. The third-order valence-corrected chi connectivity index (χ3v) is 17.5. The molecule has 0 saturated carbocycles. The van der Waals surface area contributed by atoms with E-state index in [9.17, 15) is 0 Å². The van der Waals surface area contributed by atoms with Crippen LogP contribution in [0.4, 0.5) is 45.5 Å². The van der Waals surface area contributed by atoms with E-state index < -0.39 is 0 Å². The number of hydrogen-bond donors (Lipinski definition) is 1. The molecule has 4 aliphatic rings. The minimum absolute atomic E-state index is 0.0696. The number of nitrogens with zero attached hydrogens (tertiary/aromatic N) is 3. The van der Waals surface area contributed by atoms with Gasteiger partial charge in [0.25, 0.3) is 13.4 Å². The topological polar surface area (TPSA) is 41.9 Å². The molecule has 11 aromatic carbocycles. The molecule has 16 rings (SSSR count). The minimum Gasteiger partial charge on any atom is -0.458 e. The Hall–Kier alpha value is -9.65. The minimum atomic E-state index is -0.180. The highest BCUT2D eigenvalue weighted by atomic mass is 16.5. The van der Waals surface area contributed by atoms with Gasteiger partial charge in [-0.15, -0.1) is 0 Å². The van der Waals surface area contributed by atoms with Crippen molar-refractivity contribution in [1.82, 2.24) is 4.57 Å².